The second kappa shape index (κ2) is 3.43. The first-order valence-corrected chi connectivity index (χ1v) is 4.52. The highest BCUT2D eigenvalue weighted by Crippen LogP contribution is 2.21. The van der Waals surface area contributed by atoms with Crippen molar-refractivity contribution < 1.29 is 5.11 Å². The highest BCUT2D eigenvalue weighted by molar-refractivity contribution is 4.88. The van der Waals surface area contributed by atoms with E-state index in [-0.39, 0.29) is 12.6 Å². The zero-order valence-electron chi connectivity index (χ0n) is 7.67. The molecule has 1 atom stereocenters. The minimum Gasteiger partial charge on any atom is -0.395 e. The van der Waals surface area contributed by atoms with Crippen LogP contribution in [0.2, 0.25) is 0 Å². The number of aliphatic hydroxyl groups is 1. The van der Waals surface area contributed by atoms with Crippen molar-refractivity contribution in [1.82, 2.24) is 19.9 Å². The van der Waals surface area contributed by atoms with Crippen LogP contribution < -0.4 is 0 Å². The van der Waals surface area contributed by atoms with E-state index in [0.717, 1.165) is 13.1 Å². The van der Waals surface area contributed by atoms with Crippen molar-refractivity contribution in [2.45, 2.75) is 19.0 Å². The smallest absolute Gasteiger partial charge is 0.0790 e. The number of hydrogen-bond acceptors (Lipinski definition) is 4. The maximum absolute atomic E-state index is 8.91. The molecule has 5 nitrogen and oxygen atoms in total. The number of hydrogen-bond donors (Lipinski definition) is 1. The molecule has 5 heteroatoms. The van der Waals surface area contributed by atoms with Crippen LogP contribution in [-0.4, -0.2) is 50.7 Å². The van der Waals surface area contributed by atoms with Crippen LogP contribution in [-0.2, 0) is 0 Å². The summed E-state index contributed by atoms with van der Waals surface area (Å²) in [5, 5.41) is 16.6. The van der Waals surface area contributed by atoms with Gasteiger partial charge in [0, 0.05) is 25.3 Å². The molecule has 1 N–H and O–H groups in total. The molecule has 0 spiro atoms. The van der Waals surface area contributed by atoms with Crippen LogP contribution in [0.15, 0.2) is 12.4 Å². The average molecular weight is 182 g/mol. The van der Waals surface area contributed by atoms with E-state index in [4.69, 9.17) is 5.11 Å². The van der Waals surface area contributed by atoms with Gasteiger partial charge in [-0.15, -0.1) is 5.10 Å². The van der Waals surface area contributed by atoms with Crippen molar-refractivity contribution >= 4 is 0 Å². The Hall–Kier alpha value is -0.940. The summed E-state index contributed by atoms with van der Waals surface area (Å²) in [4.78, 5) is 2.23. The second-order valence-electron chi connectivity index (χ2n) is 3.52. The minimum absolute atomic E-state index is 0.226. The van der Waals surface area contributed by atoms with Gasteiger partial charge in [-0.1, -0.05) is 5.21 Å². The molecular formula is C8H14N4O. The molecule has 2 heterocycles. The molecule has 1 aromatic heterocycles. The molecule has 0 aromatic carbocycles. The quantitative estimate of drug-likeness (QED) is 0.685. The van der Waals surface area contributed by atoms with Crippen LogP contribution in [0.25, 0.3) is 0 Å². The maximum atomic E-state index is 8.91. The summed E-state index contributed by atoms with van der Waals surface area (Å²) in [5.41, 5.74) is 0. The van der Waals surface area contributed by atoms with Crippen molar-refractivity contribution in [3.8, 4) is 0 Å². The van der Waals surface area contributed by atoms with Gasteiger partial charge in [0.2, 0.25) is 0 Å². The third-order valence-corrected chi connectivity index (χ3v) is 2.59. The molecule has 1 aliphatic rings. The van der Waals surface area contributed by atoms with Crippen LogP contribution in [0.1, 0.15) is 13.0 Å². The topological polar surface area (TPSA) is 54.2 Å². The minimum atomic E-state index is 0.226. The Bertz CT molecular complexity index is 255. The lowest BCUT2D eigenvalue weighted by molar-refractivity contribution is 0.0325. The molecule has 1 aliphatic heterocycles. The summed E-state index contributed by atoms with van der Waals surface area (Å²) < 4.78 is 1.88. The zero-order valence-corrected chi connectivity index (χ0v) is 7.67. The van der Waals surface area contributed by atoms with Gasteiger partial charge in [-0.2, -0.15) is 0 Å². The normalized spacial score (nSPS) is 21.4. The molecule has 1 unspecified atom stereocenters. The van der Waals surface area contributed by atoms with Gasteiger partial charge in [0.1, 0.15) is 0 Å². The second-order valence-corrected chi connectivity index (χ2v) is 3.52. The van der Waals surface area contributed by atoms with Gasteiger partial charge in [0.15, 0.2) is 0 Å². The first-order chi connectivity index (χ1) is 6.31. The first kappa shape index (κ1) is 8.65. The van der Waals surface area contributed by atoms with Crippen LogP contribution >= 0.6 is 0 Å². The number of likely N-dealkylation sites (tertiary alicyclic amines) is 1. The van der Waals surface area contributed by atoms with E-state index in [1.165, 1.54) is 0 Å². The summed E-state index contributed by atoms with van der Waals surface area (Å²) in [7, 11) is 0. The van der Waals surface area contributed by atoms with Crippen molar-refractivity contribution in [2.24, 2.45) is 0 Å². The largest absolute Gasteiger partial charge is 0.395 e. The molecule has 2 rings (SSSR count). The standard InChI is InChI=1S/C8H14N4O/c1-7(6-13)11-4-8(5-11)12-3-2-9-10-12/h2-3,7-8,13H,4-6H2,1H3. The fraction of sp³-hybridized carbons (Fsp3) is 0.750. The van der Waals surface area contributed by atoms with E-state index in [1.54, 1.807) is 6.20 Å². The van der Waals surface area contributed by atoms with Gasteiger partial charge in [0.25, 0.3) is 0 Å². The fourth-order valence-corrected chi connectivity index (χ4v) is 1.54. The lowest BCUT2D eigenvalue weighted by Gasteiger charge is -2.42. The van der Waals surface area contributed by atoms with E-state index in [1.807, 2.05) is 17.8 Å². The van der Waals surface area contributed by atoms with Gasteiger partial charge >= 0.3 is 0 Å². The SMILES string of the molecule is CC(CO)N1CC(n2ccnn2)C1. The third-order valence-electron chi connectivity index (χ3n) is 2.59. The molecule has 0 radical (unpaired) electrons. The maximum Gasteiger partial charge on any atom is 0.0790 e. The molecule has 1 fully saturated rings. The number of rotatable bonds is 3. The molecule has 0 amide bonds. The van der Waals surface area contributed by atoms with E-state index in [9.17, 15) is 0 Å². The molecule has 1 aromatic rings. The van der Waals surface area contributed by atoms with Crippen molar-refractivity contribution in [2.75, 3.05) is 19.7 Å². The highest BCUT2D eigenvalue weighted by Gasteiger charge is 2.31. The molecule has 0 bridgehead atoms. The van der Waals surface area contributed by atoms with Crippen molar-refractivity contribution in [3.63, 3.8) is 0 Å². The van der Waals surface area contributed by atoms with Gasteiger partial charge in [0.05, 0.1) is 18.8 Å². The summed E-state index contributed by atoms with van der Waals surface area (Å²) in [6.07, 6.45) is 3.57. The van der Waals surface area contributed by atoms with E-state index in [0.29, 0.717) is 6.04 Å². The predicted molar refractivity (Wildman–Crippen MR) is 47.2 cm³/mol. The Morgan fingerprint density at radius 2 is 2.38 bits per heavy atom. The lowest BCUT2D eigenvalue weighted by atomic mass is 10.1. The Kier molecular flexibility index (Phi) is 2.28. The Morgan fingerprint density at radius 1 is 1.62 bits per heavy atom. The van der Waals surface area contributed by atoms with Gasteiger partial charge in [-0.3, -0.25) is 4.90 Å². The highest BCUT2D eigenvalue weighted by atomic mass is 16.3. The average Bonchev–Trinajstić information content (AvgIpc) is 2.54. The van der Waals surface area contributed by atoms with Gasteiger partial charge in [-0.05, 0) is 6.92 Å². The Labute approximate surface area is 77.0 Å². The van der Waals surface area contributed by atoms with Crippen molar-refractivity contribution in [1.29, 1.82) is 0 Å². The Balaban J connectivity index is 1.85. The predicted octanol–water partition coefficient (Wildman–Crippen LogP) is -0.484. The zero-order chi connectivity index (χ0) is 9.26. The number of aliphatic hydroxyl groups excluding tert-OH is 1. The van der Waals surface area contributed by atoms with Crippen molar-refractivity contribution in [3.05, 3.63) is 12.4 Å². The van der Waals surface area contributed by atoms with Crippen LogP contribution in [0, 0.1) is 0 Å². The van der Waals surface area contributed by atoms with Gasteiger partial charge < -0.3 is 5.11 Å². The lowest BCUT2D eigenvalue weighted by Crippen LogP contribution is -2.53. The molecule has 72 valence electrons. The summed E-state index contributed by atoms with van der Waals surface area (Å²) >= 11 is 0. The summed E-state index contributed by atoms with van der Waals surface area (Å²) in [6.45, 7) is 4.18. The van der Waals surface area contributed by atoms with Crippen LogP contribution in [0.5, 0.6) is 0 Å². The third kappa shape index (κ3) is 1.57. The number of aromatic nitrogens is 3. The molecule has 1 saturated heterocycles. The van der Waals surface area contributed by atoms with E-state index in [2.05, 4.69) is 15.2 Å². The number of nitrogens with zero attached hydrogens (tertiary/aromatic N) is 4. The molecule has 13 heavy (non-hydrogen) atoms. The monoisotopic (exact) mass is 182 g/mol. The van der Waals surface area contributed by atoms with E-state index >= 15 is 0 Å². The summed E-state index contributed by atoms with van der Waals surface area (Å²) in [6, 6.07) is 0.705. The summed E-state index contributed by atoms with van der Waals surface area (Å²) in [5.74, 6) is 0. The fourth-order valence-electron chi connectivity index (χ4n) is 1.54. The van der Waals surface area contributed by atoms with Gasteiger partial charge in [-0.25, -0.2) is 4.68 Å². The Morgan fingerprint density at radius 3 is 2.92 bits per heavy atom. The van der Waals surface area contributed by atoms with E-state index < -0.39 is 0 Å². The van der Waals surface area contributed by atoms with Crippen LogP contribution in [0.3, 0.4) is 0 Å². The molecular weight excluding hydrogens is 168 g/mol. The van der Waals surface area contributed by atoms with Crippen LogP contribution in [0.4, 0.5) is 0 Å². The first-order valence-electron chi connectivity index (χ1n) is 4.52. The molecule has 0 aliphatic carbocycles. The molecule has 0 saturated carbocycles.